The standard InChI is InChI=1S/C11H16N2O4S/c14-9-4-3-7(6-18)10(15)13-8(11(16)17)2-1-5-12(9)13/h7-8,18H,1-6H2,(H,16,17)/t7-,8-/m0/s1. The fourth-order valence-electron chi connectivity index (χ4n) is 2.48. The molecule has 100 valence electrons. The molecular weight excluding hydrogens is 256 g/mol. The van der Waals surface area contributed by atoms with Crippen molar-refractivity contribution in [3.05, 3.63) is 0 Å². The molecule has 2 heterocycles. The summed E-state index contributed by atoms with van der Waals surface area (Å²) in [6.07, 6.45) is 1.72. The quantitative estimate of drug-likeness (QED) is 0.701. The van der Waals surface area contributed by atoms with E-state index in [1.807, 2.05) is 0 Å². The number of aliphatic carboxylic acids is 1. The van der Waals surface area contributed by atoms with Crippen LogP contribution in [0.5, 0.6) is 0 Å². The molecule has 2 aliphatic heterocycles. The van der Waals surface area contributed by atoms with Gasteiger partial charge in [0.05, 0.1) is 0 Å². The second kappa shape index (κ2) is 5.17. The van der Waals surface area contributed by atoms with Gasteiger partial charge in [0.1, 0.15) is 0 Å². The van der Waals surface area contributed by atoms with E-state index in [9.17, 15) is 19.5 Å². The number of amides is 2. The van der Waals surface area contributed by atoms with Crippen LogP contribution in [0.15, 0.2) is 0 Å². The highest BCUT2D eigenvalue weighted by Gasteiger charge is 2.43. The Bertz CT molecular complexity index is 387. The topological polar surface area (TPSA) is 77.9 Å². The van der Waals surface area contributed by atoms with Crippen LogP contribution >= 0.6 is 12.6 Å². The van der Waals surface area contributed by atoms with E-state index in [4.69, 9.17) is 0 Å². The van der Waals surface area contributed by atoms with Crippen molar-refractivity contribution in [3.8, 4) is 0 Å². The van der Waals surface area contributed by atoms with Crippen LogP contribution in [0.25, 0.3) is 0 Å². The molecule has 0 saturated carbocycles. The molecule has 2 atom stereocenters. The lowest BCUT2D eigenvalue weighted by Crippen LogP contribution is -2.60. The number of carboxylic acid groups (broad SMARTS) is 1. The largest absolute Gasteiger partial charge is 0.480 e. The van der Waals surface area contributed by atoms with Crippen molar-refractivity contribution in [1.29, 1.82) is 0 Å². The van der Waals surface area contributed by atoms with E-state index >= 15 is 0 Å². The summed E-state index contributed by atoms with van der Waals surface area (Å²) in [5, 5.41) is 11.6. The minimum Gasteiger partial charge on any atom is -0.480 e. The molecule has 0 radical (unpaired) electrons. The summed E-state index contributed by atoms with van der Waals surface area (Å²) in [5.41, 5.74) is 0. The molecule has 0 aromatic carbocycles. The monoisotopic (exact) mass is 272 g/mol. The van der Waals surface area contributed by atoms with Gasteiger partial charge in [-0.2, -0.15) is 12.6 Å². The molecule has 0 bridgehead atoms. The molecule has 0 spiro atoms. The molecule has 0 unspecified atom stereocenters. The maximum absolute atomic E-state index is 12.3. The number of nitrogens with zero attached hydrogens (tertiary/aromatic N) is 2. The van der Waals surface area contributed by atoms with Crippen molar-refractivity contribution in [2.45, 2.75) is 31.7 Å². The van der Waals surface area contributed by atoms with Gasteiger partial charge in [-0.1, -0.05) is 0 Å². The summed E-state index contributed by atoms with van der Waals surface area (Å²) in [4.78, 5) is 35.4. The number of fused-ring (bicyclic) bond motifs is 1. The molecule has 2 fully saturated rings. The summed E-state index contributed by atoms with van der Waals surface area (Å²) >= 11 is 4.11. The lowest BCUT2D eigenvalue weighted by molar-refractivity contribution is -0.181. The number of hydrazine groups is 1. The zero-order valence-corrected chi connectivity index (χ0v) is 10.8. The Morgan fingerprint density at radius 2 is 2.11 bits per heavy atom. The molecule has 2 aliphatic rings. The third-order valence-corrected chi connectivity index (χ3v) is 3.92. The fraction of sp³-hybridized carbons (Fsp3) is 0.727. The Hall–Kier alpha value is -1.24. The van der Waals surface area contributed by atoms with Crippen LogP contribution in [-0.2, 0) is 14.4 Å². The zero-order chi connectivity index (χ0) is 13.3. The summed E-state index contributed by atoms with van der Waals surface area (Å²) < 4.78 is 0. The molecular formula is C11H16N2O4S. The molecule has 18 heavy (non-hydrogen) atoms. The number of thiol groups is 1. The second-order valence-corrected chi connectivity index (χ2v) is 4.98. The molecule has 0 aromatic rings. The highest BCUT2D eigenvalue weighted by atomic mass is 32.1. The van der Waals surface area contributed by atoms with E-state index in [0.717, 1.165) is 5.01 Å². The summed E-state index contributed by atoms with van der Waals surface area (Å²) in [7, 11) is 0. The van der Waals surface area contributed by atoms with Crippen molar-refractivity contribution in [2.24, 2.45) is 5.92 Å². The highest BCUT2D eigenvalue weighted by molar-refractivity contribution is 7.80. The summed E-state index contributed by atoms with van der Waals surface area (Å²) in [5.74, 6) is -1.55. The first-order chi connectivity index (χ1) is 8.56. The Balaban J connectivity index is 2.34. The van der Waals surface area contributed by atoms with Crippen molar-refractivity contribution >= 4 is 30.4 Å². The van der Waals surface area contributed by atoms with Gasteiger partial charge in [-0.15, -0.1) is 0 Å². The van der Waals surface area contributed by atoms with Gasteiger partial charge in [-0.05, 0) is 19.3 Å². The smallest absolute Gasteiger partial charge is 0.328 e. The lowest BCUT2D eigenvalue weighted by atomic mass is 10.0. The Labute approximate surface area is 110 Å². The number of carbonyl (C=O) groups is 3. The van der Waals surface area contributed by atoms with Gasteiger partial charge >= 0.3 is 5.97 Å². The molecule has 1 N–H and O–H groups in total. The molecule has 7 heteroatoms. The average molecular weight is 272 g/mol. The average Bonchev–Trinajstić information content (AvgIpc) is 2.48. The highest BCUT2D eigenvalue weighted by Crippen LogP contribution is 2.27. The SMILES string of the molecule is O=C(O)[C@@H]1CCCN2C(=O)CC[C@@H](CS)C(=O)N12. The van der Waals surface area contributed by atoms with Crippen LogP contribution in [-0.4, -0.2) is 51.2 Å². The van der Waals surface area contributed by atoms with Crippen LogP contribution in [0.3, 0.4) is 0 Å². The molecule has 0 aliphatic carbocycles. The maximum Gasteiger partial charge on any atom is 0.328 e. The normalized spacial score (nSPS) is 28.9. The Morgan fingerprint density at radius 1 is 1.39 bits per heavy atom. The van der Waals surface area contributed by atoms with Crippen molar-refractivity contribution in [3.63, 3.8) is 0 Å². The van der Waals surface area contributed by atoms with Crippen LogP contribution in [0.2, 0.25) is 0 Å². The molecule has 2 amide bonds. The first-order valence-corrected chi connectivity index (χ1v) is 6.66. The predicted molar refractivity (Wildman–Crippen MR) is 65.8 cm³/mol. The minimum atomic E-state index is -1.05. The van der Waals surface area contributed by atoms with E-state index in [2.05, 4.69) is 12.6 Å². The van der Waals surface area contributed by atoms with Gasteiger partial charge in [0, 0.05) is 24.6 Å². The summed E-state index contributed by atoms with van der Waals surface area (Å²) in [6.45, 7) is 0.424. The number of carboxylic acids is 1. The third kappa shape index (κ3) is 2.19. The number of hydrogen-bond donors (Lipinski definition) is 2. The summed E-state index contributed by atoms with van der Waals surface area (Å²) in [6, 6.07) is -0.921. The van der Waals surface area contributed by atoms with Gasteiger partial charge in [-0.3, -0.25) is 14.6 Å². The van der Waals surface area contributed by atoms with Crippen LogP contribution in [0.4, 0.5) is 0 Å². The van der Waals surface area contributed by atoms with Gasteiger partial charge in [0.15, 0.2) is 6.04 Å². The number of hydrogen-bond acceptors (Lipinski definition) is 4. The first-order valence-electron chi connectivity index (χ1n) is 6.03. The number of carbonyl (C=O) groups excluding carboxylic acids is 2. The second-order valence-electron chi connectivity index (χ2n) is 4.61. The van der Waals surface area contributed by atoms with Crippen LogP contribution in [0.1, 0.15) is 25.7 Å². The van der Waals surface area contributed by atoms with E-state index in [-0.39, 0.29) is 24.2 Å². The third-order valence-electron chi connectivity index (χ3n) is 3.48. The van der Waals surface area contributed by atoms with Crippen LogP contribution in [0, 0.1) is 5.92 Å². The van der Waals surface area contributed by atoms with Crippen molar-refractivity contribution < 1.29 is 19.5 Å². The zero-order valence-electron chi connectivity index (χ0n) is 9.91. The van der Waals surface area contributed by atoms with E-state index in [1.165, 1.54) is 5.01 Å². The van der Waals surface area contributed by atoms with Crippen LogP contribution < -0.4 is 0 Å². The van der Waals surface area contributed by atoms with Crippen molar-refractivity contribution in [1.82, 2.24) is 10.0 Å². The molecule has 2 rings (SSSR count). The molecule has 2 saturated heterocycles. The predicted octanol–water partition coefficient (Wildman–Crippen LogP) is 0.145. The number of rotatable bonds is 2. The van der Waals surface area contributed by atoms with Crippen molar-refractivity contribution in [2.75, 3.05) is 12.3 Å². The van der Waals surface area contributed by atoms with E-state index in [1.54, 1.807) is 0 Å². The molecule has 0 aromatic heterocycles. The Morgan fingerprint density at radius 3 is 2.72 bits per heavy atom. The van der Waals surface area contributed by atoms with Gasteiger partial charge < -0.3 is 5.11 Å². The minimum absolute atomic E-state index is 0.168. The van der Waals surface area contributed by atoms with Gasteiger partial charge in [0.2, 0.25) is 11.8 Å². The first kappa shape index (κ1) is 13.2. The maximum atomic E-state index is 12.3. The lowest BCUT2D eigenvalue weighted by Gasteiger charge is -2.41. The Kier molecular flexibility index (Phi) is 3.79. The van der Waals surface area contributed by atoms with Gasteiger partial charge in [-0.25, -0.2) is 9.80 Å². The van der Waals surface area contributed by atoms with E-state index < -0.39 is 12.0 Å². The van der Waals surface area contributed by atoms with E-state index in [0.29, 0.717) is 31.6 Å². The molecule has 6 nitrogen and oxygen atoms in total. The fourth-order valence-corrected chi connectivity index (χ4v) is 2.82. The van der Waals surface area contributed by atoms with Gasteiger partial charge in [0.25, 0.3) is 0 Å².